The van der Waals surface area contributed by atoms with Gasteiger partial charge < -0.3 is 19.4 Å². The Bertz CT molecular complexity index is 1250. The fraction of sp³-hybridized carbons (Fsp3) is 0.286. The lowest BCUT2D eigenvalue weighted by Crippen LogP contribution is -2.24. The highest BCUT2D eigenvalue weighted by Gasteiger charge is 2.11. The highest BCUT2D eigenvalue weighted by Crippen LogP contribution is 2.21. The third kappa shape index (κ3) is 6.85. The number of benzene rings is 3. The molecule has 0 radical (unpaired) electrons. The first-order chi connectivity index (χ1) is 17.1. The summed E-state index contributed by atoms with van der Waals surface area (Å²) in [4.78, 5) is 17.1. The maximum absolute atomic E-state index is 12.2. The van der Waals surface area contributed by atoms with Crippen molar-refractivity contribution in [3.63, 3.8) is 0 Å². The molecule has 1 aromatic heterocycles. The maximum atomic E-state index is 12.2. The predicted molar refractivity (Wildman–Crippen MR) is 142 cm³/mol. The number of fused-ring (bicyclic) bond motifs is 1. The van der Waals surface area contributed by atoms with Crippen LogP contribution in [-0.4, -0.2) is 35.7 Å². The molecule has 1 N–H and O–H groups in total. The minimum absolute atomic E-state index is 0.0321. The SMILES string of the molecule is COc1cccc(OCCn2c(CCCCCNC(=O)c3ccc(Br)cc3)nc3ccccc32)c1. The summed E-state index contributed by atoms with van der Waals surface area (Å²) < 4.78 is 14.5. The fourth-order valence-corrected chi connectivity index (χ4v) is 4.27. The van der Waals surface area contributed by atoms with Crippen molar-refractivity contribution in [1.82, 2.24) is 14.9 Å². The molecule has 0 bridgehead atoms. The topological polar surface area (TPSA) is 65.4 Å². The molecule has 4 aromatic rings. The number of rotatable bonds is 12. The standard InChI is InChI=1S/C28H30BrN3O3/c1-34-23-8-7-9-24(20-23)35-19-18-32-26-11-5-4-10-25(26)31-27(32)12-3-2-6-17-30-28(33)21-13-15-22(29)16-14-21/h4-5,7-11,13-16,20H,2-3,6,12,17-19H2,1H3,(H,30,33). The average Bonchev–Trinajstić information content (AvgIpc) is 3.24. The number of ether oxygens (including phenoxy) is 2. The third-order valence-corrected chi connectivity index (χ3v) is 6.36. The number of methoxy groups -OCH3 is 1. The van der Waals surface area contributed by atoms with E-state index in [1.54, 1.807) is 7.11 Å². The Balaban J connectivity index is 1.27. The van der Waals surface area contributed by atoms with Crippen molar-refractivity contribution in [1.29, 1.82) is 0 Å². The number of hydrogen-bond donors (Lipinski definition) is 1. The van der Waals surface area contributed by atoms with Gasteiger partial charge in [0.05, 0.1) is 24.7 Å². The van der Waals surface area contributed by atoms with E-state index in [0.717, 1.165) is 65.1 Å². The normalized spacial score (nSPS) is 10.9. The fourth-order valence-electron chi connectivity index (χ4n) is 4.00. The first-order valence-corrected chi connectivity index (χ1v) is 12.7. The molecule has 0 aliphatic carbocycles. The molecule has 0 saturated heterocycles. The summed E-state index contributed by atoms with van der Waals surface area (Å²) in [6.45, 7) is 1.93. The lowest BCUT2D eigenvalue weighted by molar-refractivity contribution is 0.0953. The summed E-state index contributed by atoms with van der Waals surface area (Å²) in [7, 11) is 1.65. The molecule has 0 unspecified atom stereocenters. The molecule has 0 fully saturated rings. The van der Waals surface area contributed by atoms with Crippen LogP contribution in [0.2, 0.25) is 0 Å². The Morgan fingerprint density at radius 2 is 1.77 bits per heavy atom. The molecule has 0 saturated carbocycles. The number of nitrogens with one attached hydrogen (secondary N) is 1. The first kappa shape index (κ1) is 24.8. The molecule has 35 heavy (non-hydrogen) atoms. The number of unbranched alkanes of at least 4 members (excludes halogenated alkanes) is 2. The van der Waals surface area contributed by atoms with Crippen LogP contribution in [-0.2, 0) is 13.0 Å². The van der Waals surface area contributed by atoms with Crippen molar-refractivity contribution < 1.29 is 14.3 Å². The van der Waals surface area contributed by atoms with Gasteiger partial charge in [-0.25, -0.2) is 4.98 Å². The van der Waals surface area contributed by atoms with E-state index in [-0.39, 0.29) is 5.91 Å². The van der Waals surface area contributed by atoms with Crippen LogP contribution in [0.1, 0.15) is 35.4 Å². The van der Waals surface area contributed by atoms with Crippen LogP contribution in [0.15, 0.2) is 77.3 Å². The van der Waals surface area contributed by atoms with Gasteiger partial charge in [0.1, 0.15) is 23.9 Å². The van der Waals surface area contributed by atoms with E-state index in [0.29, 0.717) is 18.7 Å². The second kappa shape index (κ2) is 12.4. The summed E-state index contributed by atoms with van der Waals surface area (Å²) in [5.74, 6) is 2.61. The maximum Gasteiger partial charge on any atom is 0.251 e. The summed E-state index contributed by atoms with van der Waals surface area (Å²) in [6, 6.07) is 23.3. The van der Waals surface area contributed by atoms with Gasteiger partial charge in [0.15, 0.2) is 0 Å². The van der Waals surface area contributed by atoms with Gasteiger partial charge in [0.2, 0.25) is 0 Å². The molecule has 0 aliphatic heterocycles. The number of aromatic nitrogens is 2. The monoisotopic (exact) mass is 535 g/mol. The smallest absolute Gasteiger partial charge is 0.251 e. The Morgan fingerprint density at radius 1 is 0.971 bits per heavy atom. The van der Waals surface area contributed by atoms with Crippen molar-refractivity contribution in [2.75, 3.05) is 20.3 Å². The molecule has 6 nitrogen and oxygen atoms in total. The molecule has 0 spiro atoms. The molecule has 182 valence electrons. The van der Waals surface area contributed by atoms with Gasteiger partial charge >= 0.3 is 0 Å². The van der Waals surface area contributed by atoms with Crippen molar-refractivity contribution >= 4 is 32.9 Å². The lowest BCUT2D eigenvalue weighted by atomic mass is 10.1. The Labute approximate surface area is 214 Å². The number of aryl methyl sites for hydroxylation is 1. The zero-order chi connectivity index (χ0) is 24.5. The van der Waals surface area contributed by atoms with E-state index >= 15 is 0 Å². The second-order valence-corrected chi connectivity index (χ2v) is 9.18. The number of amides is 1. The Kier molecular flexibility index (Phi) is 8.79. The summed E-state index contributed by atoms with van der Waals surface area (Å²) >= 11 is 3.39. The highest BCUT2D eigenvalue weighted by molar-refractivity contribution is 9.10. The number of carbonyl (C=O) groups is 1. The zero-order valence-corrected chi connectivity index (χ0v) is 21.5. The van der Waals surface area contributed by atoms with E-state index in [9.17, 15) is 4.79 Å². The van der Waals surface area contributed by atoms with Gasteiger partial charge in [0, 0.05) is 29.1 Å². The van der Waals surface area contributed by atoms with Gasteiger partial charge in [0.25, 0.3) is 5.91 Å². The van der Waals surface area contributed by atoms with Crippen molar-refractivity contribution in [2.24, 2.45) is 0 Å². The largest absolute Gasteiger partial charge is 0.497 e. The molecule has 7 heteroatoms. The van der Waals surface area contributed by atoms with E-state index in [1.165, 1.54) is 0 Å². The summed E-state index contributed by atoms with van der Waals surface area (Å²) in [5.41, 5.74) is 2.81. The number of para-hydroxylation sites is 2. The van der Waals surface area contributed by atoms with Crippen molar-refractivity contribution in [3.05, 3.63) is 88.7 Å². The molecule has 1 amide bonds. The average molecular weight is 536 g/mol. The molecule has 0 aliphatic rings. The van der Waals surface area contributed by atoms with Crippen LogP contribution in [0.4, 0.5) is 0 Å². The van der Waals surface area contributed by atoms with Gasteiger partial charge in [-0.2, -0.15) is 0 Å². The van der Waals surface area contributed by atoms with Gasteiger partial charge in [-0.3, -0.25) is 4.79 Å². The van der Waals surface area contributed by atoms with Gasteiger partial charge in [-0.05, 0) is 61.4 Å². The van der Waals surface area contributed by atoms with Crippen LogP contribution < -0.4 is 14.8 Å². The second-order valence-electron chi connectivity index (χ2n) is 8.27. The van der Waals surface area contributed by atoms with Crippen molar-refractivity contribution in [2.45, 2.75) is 32.2 Å². The number of halogens is 1. The minimum Gasteiger partial charge on any atom is -0.497 e. The lowest BCUT2D eigenvalue weighted by Gasteiger charge is -2.12. The molecule has 1 heterocycles. The predicted octanol–water partition coefficient (Wildman–Crippen LogP) is 6.03. The Hall–Kier alpha value is -3.32. The molecule has 4 rings (SSSR count). The van der Waals surface area contributed by atoms with E-state index in [1.807, 2.05) is 60.7 Å². The minimum atomic E-state index is -0.0321. The third-order valence-electron chi connectivity index (χ3n) is 5.83. The number of carbonyl (C=O) groups excluding carboxylic acids is 1. The number of imidazole rings is 1. The van der Waals surface area contributed by atoms with Crippen molar-refractivity contribution in [3.8, 4) is 11.5 Å². The highest BCUT2D eigenvalue weighted by atomic mass is 79.9. The Morgan fingerprint density at radius 3 is 2.60 bits per heavy atom. The number of hydrogen-bond acceptors (Lipinski definition) is 4. The summed E-state index contributed by atoms with van der Waals surface area (Å²) in [6.07, 6.45) is 3.84. The first-order valence-electron chi connectivity index (χ1n) is 11.9. The van der Waals surface area contributed by atoms with Crippen LogP contribution in [0.5, 0.6) is 11.5 Å². The van der Waals surface area contributed by atoms with Crippen LogP contribution in [0.3, 0.4) is 0 Å². The molecular formula is C28H30BrN3O3. The van der Waals surface area contributed by atoms with Crippen LogP contribution in [0, 0.1) is 0 Å². The van der Waals surface area contributed by atoms with Crippen LogP contribution in [0.25, 0.3) is 11.0 Å². The zero-order valence-electron chi connectivity index (χ0n) is 19.9. The van der Waals surface area contributed by atoms with Gasteiger partial charge in [-0.15, -0.1) is 0 Å². The number of nitrogens with zero attached hydrogens (tertiary/aromatic N) is 2. The molecular weight excluding hydrogens is 506 g/mol. The van der Waals surface area contributed by atoms with Crippen LogP contribution >= 0.6 is 15.9 Å². The van der Waals surface area contributed by atoms with E-state index < -0.39 is 0 Å². The van der Waals surface area contributed by atoms with Gasteiger partial charge in [-0.1, -0.05) is 40.5 Å². The quantitative estimate of drug-likeness (QED) is 0.225. The molecule has 0 atom stereocenters. The van der Waals surface area contributed by atoms with E-state index in [2.05, 4.69) is 37.9 Å². The molecule has 3 aromatic carbocycles. The van der Waals surface area contributed by atoms with E-state index in [4.69, 9.17) is 14.5 Å². The summed E-state index contributed by atoms with van der Waals surface area (Å²) in [5, 5.41) is 3.00.